The van der Waals surface area contributed by atoms with E-state index in [1.165, 1.54) is 18.2 Å². The van der Waals surface area contributed by atoms with Gasteiger partial charge in [0.1, 0.15) is 0 Å². The van der Waals surface area contributed by atoms with Crippen LogP contribution in [0.3, 0.4) is 0 Å². The average molecular weight is 311 g/mol. The van der Waals surface area contributed by atoms with Gasteiger partial charge in [-0.2, -0.15) is 0 Å². The SMILES string of the molecule is CCNc1ccc(S(=O)(=O)c2ccc(N)cc2)c(Cl)c1. The van der Waals surface area contributed by atoms with E-state index in [0.29, 0.717) is 5.69 Å². The van der Waals surface area contributed by atoms with Crippen molar-refractivity contribution in [2.45, 2.75) is 16.7 Å². The van der Waals surface area contributed by atoms with Crippen LogP contribution in [-0.2, 0) is 9.84 Å². The Balaban J connectivity index is 2.46. The van der Waals surface area contributed by atoms with Crippen LogP contribution in [0.1, 0.15) is 6.92 Å². The summed E-state index contributed by atoms with van der Waals surface area (Å²) < 4.78 is 25.0. The van der Waals surface area contributed by atoms with Gasteiger partial charge in [0.2, 0.25) is 9.84 Å². The predicted octanol–water partition coefficient (Wildman–Crippen LogP) is 3.19. The fraction of sp³-hybridized carbons (Fsp3) is 0.143. The molecule has 2 rings (SSSR count). The Kier molecular flexibility index (Phi) is 4.20. The molecular formula is C14H15ClN2O2S. The number of sulfone groups is 1. The number of hydrogen-bond donors (Lipinski definition) is 2. The van der Waals surface area contributed by atoms with Crippen LogP contribution < -0.4 is 11.1 Å². The number of halogens is 1. The Morgan fingerprint density at radius 1 is 1.15 bits per heavy atom. The highest BCUT2D eigenvalue weighted by atomic mass is 35.5. The number of anilines is 2. The first-order valence-corrected chi connectivity index (χ1v) is 7.95. The van der Waals surface area contributed by atoms with Crippen LogP contribution in [0, 0.1) is 0 Å². The fourth-order valence-electron chi connectivity index (χ4n) is 1.81. The second-order valence-electron chi connectivity index (χ2n) is 4.25. The molecule has 4 nitrogen and oxygen atoms in total. The van der Waals surface area contributed by atoms with E-state index in [1.807, 2.05) is 6.92 Å². The summed E-state index contributed by atoms with van der Waals surface area (Å²) in [4.78, 5) is 0.260. The summed E-state index contributed by atoms with van der Waals surface area (Å²) >= 11 is 6.09. The first-order valence-electron chi connectivity index (χ1n) is 6.09. The van der Waals surface area contributed by atoms with Crippen LogP contribution in [0.2, 0.25) is 5.02 Å². The van der Waals surface area contributed by atoms with Crippen LogP contribution in [0.5, 0.6) is 0 Å². The topological polar surface area (TPSA) is 72.2 Å². The van der Waals surface area contributed by atoms with Gasteiger partial charge in [-0.1, -0.05) is 11.6 Å². The number of rotatable bonds is 4. The number of nitrogen functional groups attached to an aromatic ring is 1. The molecule has 106 valence electrons. The highest BCUT2D eigenvalue weighted by Gasteiger charge is 2.20. The van der Waals surface area contributed by atoms with Crippen LogP contribution in [-0.4, -0.2) is 15.0 Å². The Bertz CT molecular complexity index is 712. The molecular weight excluding hydrogens is 296 g/mol. The van der Waals surface area contributed by atoms with E-state index in [0.717, 1.165) is 12.2 Å². The van der Waals surface area contributed by atoms with Gasteiger partial charge < -0.3 is 11.1 Å². The van der Waals surface area contributed by atoms with Crippen molar-refractivity contribution in [1.29, 1.82) is 0 Å². The molecule has 0 saturated carbocycles. The van der Waals surface area contributed by atoms with Gasteiger partial charge in [0.05, 0.1) is 14.8 Å². The molecule has 0 heterocycles. The van der Waals surface area contributed by atoms with Gasteiger partial charge in [0, 0.05) is 17.9 Å². The van der Waals surface area contributed by atoms with Crippen molar-refractivity contribution < 1.29 is 8.42 Å². The van der Waals surface area contributed by atoms with Gasteiger partial charge in [-0.3, -0.25) is 0 Å². The summed E-state index contributed by atoms with van der Waals surface area (Å²) in [6.45, 7) is 2.69. The molecule has 2 aromatic carbocycles. The summed E-state index contributed by atoms with van der Waals surface area (Å²) in [5, 5.41) is 3.27. The molecule has 0 bridgehead atoms. The van der Waals surface area contributed by atoms with E-state index >= 15 is 0 Å². The van der Waals surface area contributed by atoms with E-state index < -0.39 is 9.84 Å². The maximum atomic E-state index is 12.5. The van der Waals surface area contributed by atoms with Gasteiger partial charge in [0.15, 0.2) is 0 Å². The van der Waals surface area contributed by atoms with Crippen LogP contribution >= 0.6 is 11.6 Å². The van der Waals surface area contributed by atoms with E-state index in [4.69, 9.17) is 17.3 Å². The largest absolute Gasteiger partial charge is 0.399 e. The van der Waals surface area contributed by atoms with Crippen LogP contribution in [0.4, 0.5) is 11.4 Å². The predicted molar refractivity (Wildman–Crippen MR) is 81.9 cm³/mol. The standard InChI is InChI=1S/C14H15ClN2O2S/c1-2-17-11-5-8-14(13(15)9-11)20(18,19)12-6-3-10(16)4-7-12/h3-9,17H,2,16H2,1H3. The minimum Gasteiger partial charge on any atom is -0.399 e. The van der Waals surface area contributed by atoms with Gasteiger partial charge in [0.25, 0.3) is 0 Å². The molecule has 3 N–H and O–H groups in total. The van der Waals surface area contributed by atoms with E-state index in [1.54, 1.807) is 24.3 Å². The lowest BCUT2D eigenvalue weighted by Gasteiger charge is -2.09. The third kappa shape index (κ3) is 2.89. The highest BCUT2D eigenvalue weighted by Crippen LogP contribution is 2.30. The summed E-state index contributed by atoms with van der Waals surface area (Å²) in [5.41, 5.74) is 6.86. The van der Waals surface area contributed by atoms with E-state index in [2.05, 4.69) is 5.32 Å². The minimum absolute atomic E-state index is 0.0885. The summed E-state index contributed by atoms with van der Waals surface area (Å²) in [7, 11) is -3.63. The quantitative estimate of drug-likeness (QED) is 0.851. The lowest BCUT2D eigenvalue weighted by atomic mass is 10.3. The Morgan fingerprint density at radius 2 is 1.80 bits per heavy atom. The molecule has 0 aliphatic heterocycles. The molecule has 0 amide bonds. The number of hydrogen-bond acceptors (Lipinski definition) is 4. The van der Waals surface area contributed by atoms with Crippen molar-refractivity contribution in [1.82, 2.24) is 0 Å². The molecule has 20 heavy (non-hydrogen) atoms. The lowest BCUT2D eigenvalue weighted by Crippen LogP contribution is -2.04. The number of benzene rings is 2. The van der Waals surface area contributed by atoms with Crippen molar-refractivity contribution in [3.05, 3.63) is 47.5 Å². The van der Waals surface area contributed by atoms with Crippen molar-refractivity contribution in [3.8, 4) is 0 Å². The zero-order valence-electron chi connectivity index (χ0n) is 10.9. The Morgan fingerprint density at radius 3 is 2.35 bits per heavy atom. The van der Waals surface area contributed by atoms with E-state index in [-0.39, 0.29) is 14.8 Å². The van der Waals surface area contributed by atoms with Gasteiger partial charge in [-0.25, -0.2) is 8.42 Å². The third-order valence-corrected chi connectivity index (χ3v) is 5.05. The monoisotopic (exact) mass is 310 g/mol. The second-order valence-corrected chi connectivity index (χ2v) is 6.57. The third-order valence-electron chi connectivity index (χ3n) is 2.79. The smallest absolute Gasteiger partial charge is 0.208 e. The molecule has 0 aromatic heterocycles. The molecule has 0 spiro atoms. The van der Waals surface area contributed by atoms with Crippen molar-refractivity contribution >= 4 is 32.8 Å². The van der Waals surface area contributed by atoms with Crippen molar-refractivity contribution in [3.63, 3.8) is 0 Å². The first-order chi connectivity index (χ1) is 9.45. The zero-order chi connectivity index (χ0) is 14.8. The Labute approximate surface area is 123 Å². The van der Waals surface area contributed by atoms with Crippen LogP contribution in [0.25, 0.3) is 0 Å². The molecule has 0 fully saturated rings. The first kappa shape index (κ1) is 14.7. The van der Waals surface area contributed by atoms with E-state index in [9.17, 15) is 8.42 Å². The number of nitrogens with one attached hydrogen (secondary N) is 1. The summed E-state index contributed by atoms with van der Waals surface area (Å²) in [5.74, 6) is 0. The summed E-state index contributed by atoms with van der Waals surface area (Å²) in [6.07, 6.45) is 0. The molecule has 6 heteroatoms. The zero-order valence-corrected chi connectivity index (χ0v) is 12.5. The molecule has 0 radical (unpaired) electrons. The maximum absolute atomic E-state index is 12.5. The molecule has 0 aliphatic carbocycles. The highest BCUT2D eigenvalue weighted by molar-refractivity contribution is 7.91. The lowest BCUT2D eigenvalue weighted by molar-refractivity contribution is 0.596. The normalized spacial score (nSPS) is 11.3. The maximum Gasteiger partial charge on any atom is 0.208 e. The second kappa shape index (κ2) is 5.73. The van der Waals surface area contributed by atoms with Crippen LogP contribution in [0.15, 0.2) is 52.3 Å². The number of nitrogens with two attached hydrogens (primary N) is 1. The molecule has 0 unspecified atom stereocenters. The molecule has 2 aromatic rings. The van der Waals surface area contributed by atoms with Crippen molar-refractivity contribution in [2.75, 3.05) is 17.6 Å². The molecule has 0 saturated heterocycles. The molecule has 0 aliphatic rings. The van der Waals surface area contributed by atoms with Gasteiger partial charge in [-0.05, 0) is 49.4 Å². The molecule has 0 atom stereocenters. The van der Waals surface area contributed by atoms with Gasteiger partial charge in [-0.15, -0.1) is 0 Å². The minimum atomic E-state index is -3.63. The fourth-order valence-corrected chi connectivity index (χ4v) is 3.60. The van der Waals surface area contributed by atoms with Gasteiger partial charge >= 0.3 is 0 Å². The summed E-state index contributed by atoms with van der Waals surface area (Å²) in [6, 6.07) is 10.8. The van der Waals surface area contributed by atoms with Crippen molar-refractivity contribution in [2.24, 2.45) is 0 Å². The Hall–Kier alpha value is -1.72. The average Bonchev–Trinajstić information content (AvgIpc) is 2.39.